The second-order valence-corrected chi connectivity index (χ2v) is 8.55. The molecule has 1 aromatic carbocycles. The number of nitrogens with zero attached hydrogens (tertiary/aromatic N) is 3. The van der Waals surface area contributed by atoms with E-state index in [1.807, 2.05) is 31.3 Å². The number of benzene rings is 1. The second kappa shape index (κ2) is 6.26. The molecule has 2 N–H and O–H groups in total. The van der Waals surface area contributed by atoms with Gasteiger partial charge in [-0.1, -0.05) is 19.0 Å². The van der Waals surface area contributed by atoms with Crippen LogP contribution in [0.5, 0.6) is 0 Å². The first kappa shape index (κ1) is 18.3. The average Bonchev–Trinajstić information content (AvgIpc) is 2.96. The molecule has 28 heavy (non-hydrogen) atoms. The van der Waals surface area contributed by atoms with E-state index < -0.39 is 6.04 Å². The number of rotatable bonds is 3. The largest absolute Gasteiger partial charge is 0.383 e. The molecule has 0 saturated carbocycles. The summed E-state index contributed by atoms with van der Waals surface area (Å²) >= 11 is 0. The van der Waals surface area contributed by atoms with Crippen LogP contribution in [-0.2, 0) is 6.42 Å². The molecule has 0 radical (unpaired) electrons. The lowest BCUT2D eigenvalue weighted by Crippen LogP contribution is -2.28. The van der Waals surface area contributed by atoms with Gasteiger partial charge in [-0.3, -0.25) is 4.79 Å². The molecule has 1 atom stereocenters. The van der Waals surface area contributed by atoms with Gasteiger partial charge in [0.05, 0.1) is 0 Å². The number of ketones is 1. The van der Waals surface area contributed by atoms with Crippen molar-refractivity contribution in [2.45, 2.75) is 46.6 Å². The number of anilines is 1. The molecule has 144 valence electrons. The predicted molar refractivity (Wildman–Crippen MR) is 111 cm³/mol. The number of fused-ring (bicyclic) bond motifs is 2. The Hall–Kier alpha value is -3.02. The van der Waals surface area contributed by atoms with Crippen molar-refractivity contribution in [3.05, 3.63) is 57.9 Å². The first-order chi connectivity index (χ1) is 13.2. The Balaban J connectivity index is 1.96. The number of nitrogen functional groups attached to an aromatic ring is 1. The van der Waals surface area contributed by atoms with Crippen molar-refractivity contribution < 1.29 is 4.79 Å². The van der Waals surface area contributed by atoms with E-state index in [9.17, 15) is 9.70 Å². The van der Waals surface area contributed by atoms with Crippen LogP contribution in [0.2, 0.25) is 0 Å². The highest BCUT2D eigenvalue weighted by Crippen LogP contribution is 2.39. The summed E-state index contributed by atoms with van der Waals surface area (Å²) in [4.78, 5) is 28.1. The molecule has 0 spiro atoms. The topological polar surface area (TPSA) is 90.3 Å². The maximum Gasteiger partial charge on any atom is 0.165 e. The Morgan fingerprint density at radius 2 is 2.00 bits per heavy atom. The van der Waals surface area contributed by atoms with Gasteiger partial charge in [0.2, 0.25) is 0 Å². The Morgan fingerprint density at radius 1 is 1.25 bits per heavy atom. The Morgan fingerprint density at radius 3 is 2.71 bits per heavy atom. The maximum absolute atomic E-state index is 12.7. The van der Waals surface area contributed by atoms with Gasteiger partial charge in [0.1, 0.15) is 11.9 Å². The highest BCUT2D eigenvalue weighted by molar-refractivity contribution is 6.00. The number of carbonyl (C=O) groups excluding carboxylic acids is 1. The van der Waals surface area contributed by atoms with Gasteiger partial charge in [-0.05, 0) is 54.8 Å². The van der Waals surface area contributed by atoms with Crippen LogP contribution in [0, 0.1) is 17.2 Å². The molecule has 6 heteroatoms. The van der Waals surface area contributed by atoms with Crippen molar-refractivity contribution in [2.24, 2.45) is 10.6 Å². The Labute approximate surface area is 163 Å². The summed E-state index contributed by atoms with van der Waals surface area (Å²) in [5.41, 5.74) is 10.5. The van der Waals surface area contributed by atoms with Crippen LogP contribution >= 0.6 is 0 Å². The minimum absolute atomic E-state index is 0.0705. The van der Waals surface area contributed by atoms with Gasteiger partial charge in [-0.15, -0.1) is 0 Å². The van der Waals surface area contributed by atoms with Gasteiger partial charge in [0.15, 0.2) is 5.78 Å². The number of aromatic nitrogens is 2. The summed E-state index contributed by atoms with van der Waals surface area (Å²) in [7, 11) is 0. The van der Waals surface area contributed by atoms with Gasteiger partial charge in [0, 0.05) is 46.7 Å². The maximum atomic E-state index is 12.7. The zero-order valence-corrected chi connectivity index (χ0v) is 16.6. The minimum Gasteiger partial charge on any atom is -0.383 e. The first-order valence-corrected chi connectivity index (χ1v) is 9.47. The summed E-state index contributed by atoms with van der Waals surface area (Å²) in [6.07, 6.45) is 5.04. The number of hydrogen-bond acceptors (Lipinski definition) is 5. The number of nitrogens with two attached hydrogens (primary N) is 1. The van der Waals surface area contributed by atoms with Crippen LogP contribution in [0.15, 0.2) is 35.8 Å². The molecular formula is C22H24N4O2. The standard InChI is InChI=1S/C22H24N4O2/c1-12-11-26(18-8-22(3,4)9-19(27)20(12)18)14-5-6-15-16(7-14)17(13(2)25-28)10-24-21(15)23/h5-7,10-11,13H,8-9H2,1-4H3,(H2,23,24). The molecule has 3 aromatic rings. The molecule has 0 bridgehead atoms. The Bertz CT molecular complexity index is 1130. The monoisotopic (exact) mass is 376 g/mol. The summed E-state index contributed by atoms with van der Waals surface area (Å²) in [5, 5.41) is 4.82. The molecule has 1 unspecified atom stereocenters. The van der Waals surface area contributed by atoms with Crippen molar-refractivity contribution in [2.75, 3.05) is 5.73 Å². The molecule has 4 rings (SSSR count). The number of carbonyl (C=O) groups is 1. The molecule has 0 saturated heterocycles. The van der Waals surface area contributed by atoms with Crippen LogP contribution in [0.4, 0.5) is 5.82 Å². The van der Waals surface area contributed by atoms with Crippen molar-refractivity contribution in [1.29, 1.82) is 0 Å². The van der Waals surface area contributed by atoms with E-state index in [0.29, 0.717) is 12.2 Å². The van der Waals surface area contributed by atoms with E-state index in [4.69, 9.17) is 5.73 Å². The number of hydrogen-bond donors (Lipinski definition) is 1. The van der Waals surface area contributed by atoms with Crippen LogP contribution in [-0.4, -0.2) is 15.3 Å². The molecule has 2 heterocycles. The van der Waals surface area contributed by atoms with Crippen molar-refractivity contribution in [3.8, 4) is 5.69 Å². The van der Waals surface area contributed by atoms with E-state index >= 15 is 0 Å². The van der Waals surface area contributed by atoms with Gasteiger partial charge in [-0.2, -0.15) is 4.91 Å². The summed E-state index contributed by atoms with van der Waals surface area (Å²) in [5.74, 6) is 0.627. The van der Waals surface area contributed by atoms with E-state index in [-0.39, 0.29) is 11.2 Å². The van der Waals surface area contributed by atoms with Gasteiger partial charge in [0.25, 0.3) is 0 Å². The zero-order valence-electron chi connectivity index (χ0n) is 16.6. The zero-order chi connectivity index (χ0) is 20.2. The lowest BCUT2D eigenvalue weighted by Gasteiger charge is -2.30. The van der Waals surface area contributed by atoms with Gasteiger partial charge in [-0.25, -0.2) is 4.98 Å². The predicted octanol–water partition coefficient (Wildman–Crippen LogP) is 4.90. The van der Waals surface area contributed by atoms with E-state index in [2.05, 4.69) is 28.6 Å². The van der Waals surface area contributed by atoms with Gasteiger partial charge < -0.3 is 10.3 Å². The number of pyridine rings is 1. The SMILES string of the molecule is Cc1cn(-c2ccc3c(N)ncc(C(C)N=O)c3c2)c2c1C(=O)CC(C)(C)C2. The number of Topliss-reactive ketones (excluding diaryl/α,β-unsaturated/α-hetero) is 1. The summed E-state index contributed by atoms with van der Waals surface area (Å²) in [6.45, 7) is 7.99. The third-order valence-corrected chi connectivity index (χ3v) is 5.68. The molecule has 1 aliphatic rings. The summed E-state index contributed by atoms with van der Waals surface area (Å²) in [6, 6.07) is 5.39. The fraction of sp³-hybridized carbons (Fsp3) is 0.364. The fourth-order valence-electron chi connectivity index (χ4n) is 4.32. The highest BCUT2D eigenvalue weighted by Gasteiger charge is 2.34. The lowest BCUT2D eigenvalue weighted by atomic mass is 9.75. The molecule has 6 nitrogen and oxygen atoms in total. The van der Waals surface area contributed by atoms with Crippen molar-refractivity contribution >= 4 is 22.4 Å². The van der Waals surface area contributed by atoms with Crippen LogP contribution in [0.3, 0.4) is 0 Å². The molecule has 0 aliphatic heterocycles. The normalized spacial score (nSPS) is 16.8. The van der Waals surface area contributed by atoms with Crippen LogP contribution in [0.25, 0.3) is 16.5 Å². The van der Waals surface area contributed by atoms with Crippen molar-refractivity contribution in [3.63, 3.8) is 0 Å². The fourth-order valence-corrected chi connectivity index (χ4v) is 4.32. The van der Waals surface area contributed by atoms with E-state index in [1.165, 1.54) is 0 Å². The molecule has 1 aliphatic carbocycles. The summed E-state index contributed by atoms with van der Waals surface area (Å²) < 4.78 is 2.10. The van der Waals surface area contributed by atoms with Crippen molar-refractivity contribution in [1.82, 2.24) is 9.55 Å². The lowest BCUT2D eigenvalue weighted by molar-refractivity contribution is 0.0910. The van der Waals surface area contributed by atoms with Crippen LogP contribution in [0.1, 0.15) is 60.4 Å². The molecular weight excluding hydrogens is 352 g/mol. The quantitative estimate of drug-likeness (QED) is 0.658. The third-order valence-electron chi connectivity index (χ3n) is 5.68. The van der Waals surface area contributed by atoms with E-state index in [1.54, 1.807) is 13.1 Å². The molecule has 0 fully saturated rings. The number of aryl methyl sites for hydroxylation is 1. The number of nitroso groups, excluding NO2 is 1. The molecule has 0 amide bonds. The van der Waals surface area contributed by atoms with Gasteiger partial charge >= 0.3 is 0 Å². The Kier molecular flexibility index (Phi) is 4.10. The second-order valence-electron chi connectivity index (χ2n) is 8.55. The smallest absolute Gasteiger partial charge is 0.165 e. The molecule has 2 aromatic heterocycles. The third kappa shape index (κ3) is 2.80. The van der Waals surface area contributed by atoms with Crippen LogP contribution < -0.4 is 5.73 Å². The highest BCUT2D eigenvalue weighted by atomic mass is 16.3. The minimum atomic E-state index is -0.522. The van der Waals surface area contributed by atoms with E-state index in [0.717, 1.165) is 45.3 Å². The first-order valence-electron chi connectivity index (χ1n) is 9.47. The average molecular weight is 376 g/mol.